The quantitative estimate of drug-likeness (QED) is 0.726. The maximum Gasteiger partial charge on any atom is 0.328 e. The molecule has 0 aliphatic heterocycles. The minimum absolute atomic E-state index is 0.121. The highest BCUT2D eigenvalue weighted by atomic mass is 16.5. The number of rotatable bonds is 5. The number of aryl methyl sites for hydroxylation is 1. The van der Waals surface area contributed by atoms with Gasteiger partial charge in [-0.2, -0.15) is 0 Å². The molecule has 0 saturated carbocycles. The van der Waals surface area contributed by atoms with E-state index in [1.165, 1.54) is 0 Å². The summed E-state index contributed by atoms with van der Waals surface area (Å²) < 4.78 is 11.3. The van der Waals surface area contributed by atoms with Gasteiger partial charge in [0.15, 0.2) is 0 Å². The Balaban J connectivity index is 2.26. The SMILES string of the molecule is COc1ccc(-c2cc(=N[C@H](C(=O)O)C(C)C)c3cc(C)ccc3o2)cc1. The number of ether oxygens (including phenoxy) is 1. The van der Waals surface area contributed by atoms with Crippen molar-refractivity contribution < 1.29 is 19.1 Å². The summed E-state index contributed by atoms with van der Waals surface area (Å²) in [6.45, 7) is 5.69. The molecule has 2 aromatic carbocycles. The molecule has 1 heterocycles. The highest BCUT2D eigenvalue weighted by Gasteiger charge is 2.20. The second-order valence-electron chi connectivity index (χ2n) is 6.88. The standard InChI is InChI=1S/C22H23NO4/c1-13(2)21(22(24)25)23-18-12-20(15-6-8-16(26-4)9-7-15)27-19-10-5-14(3)11-17(18)19/h5-13,21H,1-4H3,(H,24,25)/t21-/m0/s1. The van der Waals surface area contributed by atoms with Crippen LogP contribution in [0.25, 0.3) is 22.3 Å². The van der Waals surface area contributed by atoms with Gasteiger partial charge in [-0.05, 0) is 49.2 Å². The van der Waals surface area contributed by atoms with E-state index in [4.69, 9.17) is 9.15 Å². The summed E-state index contributed by atoms with van der Waals surface area (Å²) in [7, 11) is 1.62. The van der Waals surface area contributed by atoms with Gasteiger partial charge in [0.1, 0.15) is 23.1 Å². The zero-order valence-electron chi connectivity index (χ0n) is 15.9. The average Bonchev–Trinajstić information content (AvgIpc) is 2.65. The lowest BCUT2D eigenvalue weighted by Crippen LogP contribution is -2.27. The van der Waals surface area contributed by atoms with Crippen molar-refractivity contribution in [1.29, 1.82) is 0 Å². The molecule has 1 atom stereocenters. The molecular formula is C22H23NO4. The van der Waals surface area contributed by atoms with E-state index in [0.29, 0.717) is 16.7 Å². The van der Waals surface area contributed by atoms with Gasteiger partial charge < -0.3 is 14.3 Å². The molecule has 3 aromatic rings. The lowest BCUT2D eigenvalue weighted by molar-refractivity contribution is -0.139. The predicted octanol–water partition coefficient (Wildman–Crippen LogP) is 4.43. The van der Waals surface area contributed by atoms with Crippen LogP contribution in [0, 0.1) is 12.8 Å². The van der Waals surface area contributed by atoms with E-state index in [1.807, 2.05) is 69.3 Å². The fraction of sp³-hybridized carbons (Fsp3) is 0.273. The van der Waals surface area contributed by atoms with E-state index in [9.17, 15) is 9.90 Å². The van der Waals surface area contributed by atoms with Crippen LogP contribution in [0.2, 0.25) is 0 Å². The third-order valence-electron chi connectivity index (χ3n) is 4.44. The number of benzene rings is 2. The van der Waals surface area contributed by atoms with Crippen molar-refractivity contribution in [3.05, 3.63) is 59.5 Å². The molecule has 0 aliphatic carbocycles. The summed E-state index contributed by atoms with van der Waals surface area (Å²) in [6, 6.07) is 14.3. The minimum atomic E-state index is -0.933. The zero-order valence-corrected chi connectivity index (χ0v) is 15.9. The van der Waals surface area contributed by atoms with E-state index in [1.54, 1.807) is 7.11 Å². The van der Waals surface area contributed by atoms with Gasteiger partial charge >= 0.3 is 5.97 Å². The van der Waals surface area contributed by atoms with Gasteiger partial charge in [-0.1, -0.05) is 25.5 Å². The van der Waals surface area contributed by atoms with Crippen LogP contribution in [0.4, 0.5) is 0 Å². The number of fused-ring (bicyclic) bond motifs is 1. The van der Waals surface area contributed by atoms with Crippen molar-refractivity contribution in [2.24, 2.45) is 10.9 Å². The Labute approximate surface area is 157 Å². The largest absolute Gasteiger partial charge is 0.497 e. The van der Waals surface area contributed by atoms with Gasteiger partial charge in [-0.25, -0.2) is 4.79 Å². The number of carbonyl (C=O) groups is 1. The molecule has 1 N–H and O–H groups in total. The van der Waals surface area contributed by atoms with Gasteiger partial charge in [-0.15, -0.1) is 0 Å². The normalized spacial score (nSPS) is 13.1. The maximum atomic E-state index is 11.6. The smallest absolute Gasteiger partial charge is 0.328 e. The van der Waals surface area contributed by atoms with Crippen molar-refractivity contribution in [2.45, 2.75) is 26.8 Å². The molecule has 5 nitrogen and oxygen atoms in total. The Morgan fingerprint density at radius 2 is 1.81 bits per heavy atom. The van der Waals surface area contributed by atoms with Crippen LogP contribution in [0.1, 0.15) is 19.4 Å². The van der Waals surface area contributed by atoms with Crippen molar-refractivity contribution in [1.82, 2.24) is 0 Å². The first-order valence-corrected chi connectivity index (χ1v) is 8.84. The minimum Gasteiger partial charge on any atom is -0.497 e. The van der Waals surface area contributed by atoms with E-state index >= 15 is 0 Å². The highest BCUT2D eigenvalue weighted by molar-refractivity contribution is 5.80. The van der Waals surface area contributed by atoms with Crippen molar-refractivity contribution in [2.75, 3.05) is 7.11 Å². The van der Waals surface area contributed by atoms with Crippen molar-refractivity contribution in [3.8, 4) is 17.1 Å². The predicted molar refractivity (Wildman–Crippen MR) is 105 cm³/mol. The van der Waals surface area contributed by atoms with E-state index in [0.717, 1.165) is 22.3 Å². The summed E-state index contributed by atoms with van der Waals surface area (Å²) in [4.78, 5) is 16.2. The molecule has 140 valence electrons. The first-order chi connectivity index (χ1) is 12.9. The van der Waals surface area contributed by atoms with Crippen LogP contribution in [-0.2, 0) is 4.79 Å². The third kappa shape index (κ3) is 4.03. The lowest BCUT2D eigenvalue weighted by Gasteiger charge is -2.12. The van der Waals surface area contributed by atoms with Gasteiger partial charge in [0.05, 0.1) is 12.5 Å². The molecule has 0 unspecified atom stereocenters. The average molecular weight is 365 g/mol. The van der Waals surface area contributed by atoms with Crippen molar-refractivity contribution >= 4 is 16.9 Å². The second-order valence-corrected chi connectivity index (χ2v) is 6.88. The van der Waals surface area contributed by atoms with Crippen LogP contribution < -0.4 is 10.1 Å². The van der Waals surface area contributed by atoms with Crippen molar-refractivity contribution in [3.63, 3.8) is 0 Å². The van der Waals surface area contributed by atoms with E-state index in [-0.39, 0.29) is 5.92 Å². The molecule has 0 spiro atoms. The van der Waals surface area contributed by atoms with Crippen LogP contribution in [0.5, 0.6) is 5.75 Å². The Hall–Kier alpha value is -3.08. The summed E-state index contributed by atoms with van der Waals surface area (Å²) in [6.07, 6.45) is 0. The molecule has 0 fully saturated rings. The Morgan fingerprint density at radius 1 is 1.11 bits per heavy atom. The number of hydrogen-bond acceptors (Lipinski definition) is 4. The molecule has 0 aliphatic rings. The lowest BCUT2D eigenvalue weighted by atomic mass is 10.0. The van der Waals surface area contributed by atoms with Gasteiger partial charge in [-0.3, -0.25) is 4.99 Å². The van der Waals surface area contributed by atoms with Crippen LogP contribution in [0.3, 0.4) is 0 Å². The fourth-order valence-electron chi connectivity index (χ4n) is 2.93. The topological polar surface area (TPSA) is 72.0 Å². The number of methoxy groups -OCH3 is 1. The van der Waals surface area contributed by atoms with Gasteiger partial charge in [0.2, 0.25) is 0 Å². The molecule has 0 bridgehead atoms. The Bertz CT molecular complexity index is 1030. The fourth-order valence-corrected chi connectivity index (χ4v) is 2.93. The summed E-state index contributed by atoms with van der Waals surface area (Å²) in [5.74, 6) is 0.327. The first-order valence-electron chi connectivity index (χ1n) is 8.84. The molecule has 27 heavy (non-hydrogen) atoms. The molecule has 1 aromatic heterocycles. The van der Waals surface area contributed by atoms with Crippen LogP contribution >= 0.6 is 0 Å². The van der Waals surface area contributed by atoms with E-state index < -0.39 is 12.0 Å². The maximum absolute atomic E-state index is 11.6. The Morgan fingerprint density at radius 3 is 2.41 bits per heavy atom. The zero-order chi connectivity index (χ0) is 19.6. The van der Waals surface area contributed by atoms with Crippen LogP contribution in [-0.4, -0.2) is 24.2 Å². The number of aliphatic carboxylic acids is 1. The van der Waals surface area contributed by atoms with Gasteiger partial charge in [0, 0.05) is 17.0 Å². The third-order valence-corrected chi connectivity index (χ3v) is 4.44. The number of nitrogens with zero attached hydrogens (tertiary/aromatic N) is 1. The molecular weight excluding hydrogens is 342 g/mol. The number of hydrogen-bond donors (Lipinski definition) is 1. The number of carboxylic acids is 1. The summed E-state index contributed by atoms with van der Waals surface area (Å²) in [5, 5.41) is 11.0. The molecule has 5 heteroatoms. The molecule has 0 radical (unpaired) electrons. The summed E-state index contributed by atoms with van der Waals surface area (Å²) in [5.41, 5.74) is 2.59. The second kappa shape index (κ2) is 7.66. The van der Waals surface area contributed by atoms with Crippen LogP contribution in [0.15, 0.2) is 57.9 Å². The molecule has 0 saturated heterocycles. The highest BCUT2D eigenvalue weighted by Crippen LogP contribution is 2.25. The monoisotopic (exact) mass is 365 g/mol. The van der Waals surface area contributed by atoms with Gasteiger partial charge in [0.25, 0.3) is 0 Å². The summed E-state index contributed by atoms with van der Waals surface area (Å²) >= 11 is 0. The van der Waals surface area contributed by atoms with E-state index in [2.05, 4.69) is 4.99 Å². The Kier molecular flexibility index (Phi) is 5.31. The first kappa shape index (κ1) is 18.7. The molecule has 3 rings (SSSR count). The number of carboxylic acid groups (broad SMARTS) is 1. The molecule has 0 amide bonds.